The average molecular weight is 350 g/mol. The molecule has 0 spiro atoms. The predicted octanol–water partition coefficient (Wildman–Crippen LogP) is 2.27. The Hall–Kier alpha value is -1.24. The van der Waals surface area contributed by atoms with Gasteiger partial charge in [0.25, 0.3) is 0 Å². The van der Waals surface area contributed by atoms with E-state index < -0.39 is 0 Å². The zero-order valence-corrected chi connectivity index (χ0v) is 14.9. The number of urea groups is 1. The number of amides is 2. The van der Waals surface area contributed by atoms with Crippen LogP contribution in [0.15, 0.2) is 24.3 Å². The van der Waals surface area contributed by atoms with Gasteiger partial charge in [-0.15, -0.1) is 0 Å². The molecular formula is C18H27N3O2S. The number of thioether (sulfide) groups is 1. The molecule has 2 saturated heterocycles. The first-order valence-corrected chi connectivity index (χ1v) is 9.99. The summed E-state index contributed by atoms with van der Waals surface area (Å²) in [5.41, 5.74) is 2.12. The fourth-order valence-corrected chi connectivity index (χ4v) is 4.19. The Balaban J connectivity index is 1.46. The fourth-order valence-electron chi connectivity index (χ4n) is 3.21. The monoisotopic (exact) mass is 349 g/mol. The van der Waals surface area contributed by atoms with Gasteiger partial charge >= 0.3 is 6.03 Å². The molecule has 0 radical (unpaired) electrons. The third-order valence-electron chi connectivity index (χ3n) is 4.71. The van der Waals surface area contributed by atoms with Crippen LogP contribution in [0.3, 0.4) is 0 Å². The first-order valence-electron chi connectivity index (χ1n) is 8.84. The highest BCUT2D eigenvalue weighted by Crippen LogP contribution is 2.15. The lowest BCUT2D eigenvalue weighted by Crippen LogP contribution is -2.44. The van der Waals surface area contributed by atoms with Crippen LogP contribution in [0.4, 0.5) is 10.5 Å². The average Bonchev–Trinajstić information content (AvgIpc) is 2.62. The van der Waals surface area contributed by atoms with E-state index >= 15 is 0 Å². The molecule has 2 fully saturated rings. The molecule has 2 aliphatic rings. The maximum atomic E-state index is 12.2. The highest BCUT2D eigenvalue weighted by molar-refractivity contribution is 7.99. The lowest BCUT2D eigenvalue weighted by Gasteiger charge is -2.30. The number of carbonyl (C=O) groups is 1. The van der Waals surface area contributed by atoms with Crippen LogP contribution in [0.2, 0.25) is 0 Å². The zero-order chi connectivity index (χ0) is 16.8. The number of benzene rings is 1. The van der Waals surface area contributed by atoms with Crippen LogP contribution in [0.5, 0.6) is 0 Å². The topological polar surface area (TPSA) is 55.8 Å². The molecule has 2 heterocycles. The van der Waals surface area contributed by atoms with E-state index in [2.05, 4.69) is 22.3 Å². The van der Waals surface area contributed by atoms with Crippen molar-refractivity contribution in [1.82, 2.24) is 9.80 Å². The van der Waals surface area contributed by atoms with Gasteiger partial charge in [0.05, 0.1) is 6.10 Å². The molecule has 24 heavy (non-hydrogen) atoms. The van der Waals surface area contributed by atoms with E-state index in [-0.39, 0.29) is 12.1 Å². The number of carbonyl (C=O) groups excluding carboxylic acids is 1. The van der Waals surface area contributed by atoms with Gasteiger partial charge in [-0.3, -0.25) is 0 Å². The van der Waals surface area contributed by atoms with E-state index in [1.165, 1.54) is 30.2 Å². The second-order valence-corrected chi connectivity index (χ2v) is 7.80. The Labute approximate surface area is 148 Å². The van der Waals surface area contributed by atoms with E-state index in [1.807, 2.05) is 23.9 Å². The number of nitrogens with one attached hydrogen (secondary N) is 1. The molecule has 1 aromatic rings. The minimum atomic E-state index is -0.389. The first-order chi connectivity index (χ1) is 11.7. The molecule has 1 aromatic carbocycles. The summed E-state index contributed by atoms with van der Waals surface area (Å²) in [5.74, 6) is 2.49. The largest absolute Gasteiger partial charge is 0.391 e. The summed E-state index contributed by atoms with van der Waals surface area (Å²) in [6.45, 7) is 4.64. The summed E-state index contributed by atoms with van der Waals surface area (Å²) in [7, 11) is 0. The first kappa shape index (κ1) is 17.6. The molecule has 132 valence electrons. The summed E-state index contributed by atoms with van der Waals surface area (Å²) >= 11 is 2.04. The molecule has 0 saturated carbocycles. The Morgan fingerprint density at radius 3 is 2.67 bits per heavy atom. The smallest absolute Gasteiger partial charge is 0.321 e. The van der Waals surface area contributed by atoms with Crippen molar-refractivity contribution in [1.29, 1.82) is 0 Å². The molecule has 5 nitrogen and oxygen atoms in total. The van der Waals surface area contributed by atoms with Crippen molar-refractivity contribution in [3.8, 4) is 0 Å². The summed E-state index contributed by atoms with van der Waals surface area (Å²) < 4.78 is 0. The van der Waals surface area contributed by atoms with Gasteiger partial charge < -0.3 is 20.2 Å². The Kier molecular flexibility index (Phi) is 6.40. The lowest BCUT2D eigenvalue weighted by molar-refractivity contribution is 0.0883. The van der Waals surface area contributed by atoms with E-state index in [9.17, 15) is 9.90 Å². The molecule has 0 bridgehead atoms. The van der Waals surface area contributed by atoms with Gasteiger partial charge in [0.1, 0.15) is 0 Å². The number of anilines is 1. The number of hydrogen-bond donors (Lipinski definition) is 2. The lowest BCUT2D eigenvalue weighted by atomic mass is 10.1. The van der Waals surface area contributed by atoms with Gasteiger partial charge in [-0.05, 0) is 37.0 Å². The van der Waals surface area contributed by atoms with Crippen LogP contribution < -0.4 is 5.32 Å². The number of β-amino-alcohol motifs (C(OH)–C–C–N with tert-alkyl or cyclic N) is 1. The molecule has 0 aliphatic carbocycles. The number of rotatable bonds is 4. The van der Waals surface area contributed by atoms with Crippen LogP contribution in [-0.2, 0) is 6.42 Å². The highest BCUT2D eigenvalue weighted by atomic mass is 32.2. The summed E-state index contributed by atoms with van der Waals surface area (Å²) in [4.78, 5) is 16.4. The van der Waals surface area contributed by atoms with E-state index in [1.54, 1.807) is 4.90 Å². The Morgan fingerprint density at radius 1 is 1.21 bits per heavy atom. The number of aliphatic hydroxyl groups excluding tert-OH is 1. The molecule has 0 aromatic heterocycles. The number of piperidine rings is 1. The SMILES string of the molecule is O=C(Nc1ccc(CCN2CCSCC2)cc1)N1CCC[C@H](O)C1. The van der Waals surface area contributed by atoms with Gasteiger partial charge in [0, 0.05) is 49.9 Å². The molecular weight excluding hydrogens is 322 g/mol. The second-order valence-electron chi connectivity index (χ2n) is 6.57. The van der Waals surface area contributed by atoms with Crippen LogP contribution in [0.1, 0.15) is 18.4 Å². The van der Waals surface area contributed by atoms with Crippen molar-refractivity contribution in [3.63, 3.8) is 0 Å². The Bertz CT molecular complexity index is 532. The minimum absolute atomic E-state index is 0.118. The molecule has 2 aliphatic heterocycles. The van der Waals surface area contributed by atoms with Gasteiger partial charge in [-0.25, -0.2) is 4.79 Å². The van der Waals surface area contributed by atoms with Gasteiger partial charge in [0.15, 0.2) is 0 Å². The van der Waals surface area contributed by atoms with Crippen LogP contribution in [0, 0.1) is 0 Å². The zero-order valence-electron chi connectivity index (χ0n) is 14.1. The van der Waals surface area contributed by atoms with Crippen molar-refractivity contribution in [2.75, 3.05) is 49.5 Å². The van der Waals surface area contributed by atoms with Crippen molar-refractivity contribution >= 4 is 23.5 Å². The number of aliphatic hydroxyl groups is 1. The normalized spacial score (nSPS) is 22.4. The molecule has 1 atom stereocenters. The standard InChI is InChI=1S/C18H27N3O2S/c22-17-2-1-8-21(14-17)18(23)19-16-5-3-15(4-6-16)7-9-20-10-12-24-13-11-20/h3-6,17,22H,1-2,7-14H2,(H,19,23)/t17-/m0/s1. The minimum Gasteiger partial charge on any atom is -0.391 e. The molecule has 3 rings (SSSR count). The quantitative estimate of drug-likeness (QED) is 0.876. The van der Waals surface area contributed by atoms with Gasteiger partial charge in [0.2, 0.25) is 0 Å². The molecule has 2 amide bonds. The van der Waals surface area contributed by atoms with E-state index in [0.29, 0.717) is 6.54 Å². The third-order valence-corrected chi connectivity index (χ3v) is 5.65. The summed E-state index contributed by atoms with van der Waals surface area (Å²) in [5, 5.41) is 12.6. The van der Waals surface area contributed by atoms with Crippen LogP contribution in [0.25, 0.3) is 0 Å². The summed E-state index contributed by atoms with van der Waals surface area (Å²) in [6, 6.07) is 8.02. The van der Waals surface area contributed by atoms with Crippen molar-refractivity contribution < 1.29 is 9.90 Å². The van der Waals surface area contributed by atoms with Crippen LogP contribution in [-0.4, -0.2) is 71.3 Å². The van der Waals surface area contributed by atoms with E-state index in [0.717, 1.165) is 38.0 Å². The van der Waals surface area contributed by atoms with Crippen LogP contribution >= 0.6 is 11.8 Å². The van der Waals surface area contributed by atoms with Crippen molar-refractivity contribution in [2.45, 2.75) is 25.4 Å². The number of likely N-dealkylation sites (tertiary alicyclic amines) is 1. The van der Waals surface area contributed by atoms with Crippen molar-refractivity contribution in [2.24, 2.45) is 0 Å². The fraction of sp³-hybridized carbons (Fsp3) is 0.611. The maximum absolute atomic E-state index is 12.2. The number of nitrogens with zero attached hydrogens (tertiary/aromatic N) is 2. The van der Waals surface area contributed by atoms with E-state index in [4.69, 9.17) is 0 Å². The molecule has 2 N–H and O–H groups in total. The maximum Gasteiger partial charge on any atom is 0.321 e. The third kappa shape index (κ3) is 5.13. The van der Waals surface area contributed by atoms with Gasteiger partial charge in [-0.1, -0.05) is 12.1 Å². The highest BCUT2D eigenvalue weighted by Gasteiger charge is 2.21. The second kappa shape index (κ2) is 8.74. The molecule has 0 unspecified atom stereocenters. The van der Waals surface area contributed by atoms with Gasteiger partial charge in [-0.2, -0.15) is 11.8 Å². The molecule has 6 heteroatoms. The number of hydrogen-bond acceptors (Lipinski definition) is 4. The summed E-state index contributed by atoms with van der Waals surface area (Å²) in [6.07, 6.45) is 2.31. The van der Waals surface area contributed by atoms with Crippen molar-refractivity contribution in [3.05, 3.63) is 29.8 Å². The Morgan fingerprint density at radius 2 is 1.96 bits per heavy atom. The predicted molar refractivity (Wildman–Crippen MR) is 99.7 cm³/mol.